The van der Waals surface area contributed by atoms with Crippen LogP contribution in [0.4, 0.5) is 4.79 Å². The summed E-state index contributed by atoms with van der Waals surface area (Å²) in [7, 11) is 0. The minimum absolute atomic E-state index is 1.91. The van der Waals surface area contributed by atoms with E-state index in [2.05, 4.69) is 322 Å². The first-order chi connectivity index (χ1) is 33.8. The number of carbonyl (C=O) groups is 1. The molecule has 0 bridgehead atoms. The van der Waals surface area contributed by atoms with Gasteiger partial charge in [-0.15, -0.1) is 0 Å². The van der Waals surface area contributed by atoms with Gasteiger partial charge in [0, 0.05) is 277 Å². The average Bonchev–Trinajstić information content (AvgIpc) is 3.34. The molecular formula is CH2O67. The van der Waals surface area contributed by atoms with Gasteiger partial charge in [0.2, 0.25) is 0 Å². The van der Waals surface area contributed by atoms with E-state index in [4.69, 9.17) is 10.4 Å². The molecule has 408 valence electrons. The van der Waals surface area contributed by atoms with Crippen LogP contribution in [-0.2, 0) is 322 Å². The lowest BCUT2D eigenvalue weighted by Gasteiger charge is -2.00. The summed E-state index contributed by atoms with van der Waals surface area (Å²) >= 11 is 0. The first kappa shape index (κ1) is 64.7. The second-order valence-electron chi connectivity index (χ2n) is 4.64. The Morgan fingerprint density at radius 3 is 0.338 bits per heavy atom. The van der Waals surface area contributed by atoms with Crippen LogP contribution in [-0.4, -0.2) is 16.5 Å². The molecule has 0 aromatic rings. The standard InChI is InChI=1S/CH2O67/c2-1(3)5-7-9-11-13-15-17-19-21-23-25-27-29-31-33-35-37-39-41-43-45-47-49-51-53-55-57-59-61-63-65-67-68-66-64-62-60-58-56-54-52-50-48-46-44-42-40-38-36-34-32-30-28-26-24-22-20-18-16-14-12-10-8-6-4/h4H,(H,2,3). The van der Waals surface area contributed by atoms with Crippen molar-refractivity contribution in [2.24, 2.45) is 0 Å². The normalized spacial score (nSPS) is 11.6. The van der Waals surface area contributed by atoms with Crippen LogP contribution in [0.25, 0.3) is 0 Å². The minimum Gasteiger partial charge on any atom is -0.448 e. The fourth-order valence-corrected chi connectivity index (χ4v) is 0.736. The van der Waals surface area contributed by atoms with Crippen molar-refractivity contribution in [2.45, 2.75) is 0 Å². The summed E-state index contributed by atoms with van der Waals surface area (Å²) in [5.41, 5.74) is 0. The Bertz CT molecular complexity index is 862. The zero-order chi connectivity index (χ0) is 48.8. The fourth-order valence-electron chi connectivity index (χ4n) is 0.736. The highest BCUT2D eigenvalue weighted by molar-refractivity contribution is 5.55. The van der Waals surface area contributed by atoms with Gasteiger partial charge in [0.25, 0.3) is 0 Å². The Kier molecular flexibility index (Phi) is 58.7. The maximum atomic E-state index is 9.77. The summed E-state index contributed by atoms with van der Waals surface area (Å²) in [5.74, 6) is 0. The van der Waals surface area contributed by atoms with Crippen LogP contribution in [0.5, 0.6) is 0 Å². The van der Waals surface area contributed by atoms with Gasteiger partial charge in [-0.25, -0.2) is 14.9 Å². The van der Waals surface area contributed by atoms with Crippen molar-refractivity contribution in [2.75, 3.05) is 0 Å². The van der Waals surface area contributed by atoms with E-state index in [0.717, 1.165) is 0 Å². The predicted octanol–water partition coefficient (Wildman–Crippen LogP) is -4.16. The van der Waals surface area contributed by atoms with Crippen LogP contribution < -0.4 is 0 Å². The van der Waals surface area contributed by atoms with E-state index in [1.807, 2.05) is 0 Å². The maximum absolute atomic E-state index is 9.77. The Morgan fingerprint density at radius 2 is 0.250 bits per heavy atom. The van der Waals surface area contributed by atoms with Crippen LogP contribution in [0.3, 0.4) is 0 Å². The van der Waals surface area contributed by atoms with Crippen LogP contribution in [0.15, 0.2) is 0 Å². The van der Waals surface area contributed by atoms with E-state index in [-0.39, 0.29) is 0 Å². The van der Waals surface area contributed by atoms with E-state index in [1.54, 1.807) is 0 Å². The Balaban J connectivity index is 3.07. The van der Waals surface area contributed by atoms with Gasteiger partial charge in [-0.1, -0.05) is 0 Å². The number of hydrogen-bond acceptors (Lipinski definition) is 66. The first-order valence-electron chi connectivity index (χ1n) is 11.3. The predicted molar refractivity (Wildman–Crippen MR) is 80.1 cm³/mol. The third-order valence-corrected chi connectivity index (χ3v) is 1.83. The van der Waals surface area contributed by atoms with Crippen LogP contribution in [0.1, 0.15) is 0 Å². The molecule has 0 aliphatic rings. The molecule has 0 aliphatic heterocycles. The van der Waals surface area contributed by atoms with Crippen molar-refractivity contribution in [3.63, 3.8) is 0 Å². The molecule has 0 rings (SSSR count). The number of hydrogen-bond donors (Lipinski definition) is 2. The van der Waals surface area contributed by atoms with E-state index >= 15 is 0 Å². The monoisotopic (exact) mass is 1090 g/mol. The van der Waals surface area contributed by atoms with Gasteiger partial charge < -0.3 is 5.11 Å². The molecule has 0 saturated carbocycles. The fraction of sp³-hybridized carbons (Fsp3) is 0. The molecule has 0 aromatic heterocycles. The summed E-state index contributed by atoms with van der Waals surface area (Å²) in [6, 6.07) is 0. The van der Waals surface area contributed by atoms with Gasteiger partial charge in [0.05, 0.1) is 0 Å². The molecule has 0 atom stereocenters. The molecule has 0 unspecified atom stereocenters. The van der Waals surface area contributed by atoms with E-state index in [0.29, 0.717) is 0 Å². The smallest absolute Gasteiger partial charge is 0.448 e. The highest BCUT2D eigenvalue weighted by Gasteiger charge is 2.06. The SMILES string of the molecule is O=C(O)OOOOOOOOOOOOOOOOOOOOOOOOOOOOOOOOOOOOOOOOOOOOOOOOOOOOOOOOOOOOOOOOO. The molecule has 0 radical (unpaired) electrons. The van der Waals surface area contributed by atoms with E-state index in [1.165, 1.54) is 0 Å². The molecule has 68 heavy (non-hydrogen) atoms. The summed E-state index contributed by atoms with van der Waals surface area (Å²) in [4.78, 5) is 13.1. The van der Waals surface area contributed by atoms with Crippen LogP contribution >= 0.6 is 0 Å². The molecule has 0 heterocycles. The summed E-state index contributed by atoms with van der Waals surface area (Å²) in [5, 5.41) is 234. The van der Waals surface area contributed by atoms with Crippen molar-refractivity contribution in [1.29, 1.82) is 0 Å². The van der Waals surface area contributed by atoms with Gasteiger partial charge >= 0.3 is 6.16 Å². The van der Waals surface area contributed by atoms with Gasteiger partial charge in [-0.2, -0.15) is 0 Å². The second-order valence-corrected chi connectivity index (χ2v) is 4.64. The van der Waals surface area contributed by atoms with Gasteiger partial charge in [-0.05, 0) is 40.3 Å². The van der Waals surface area contributed by atoms with E-state index < -0.39 is 6.16 Å². The van der Waals surface area contributed by atoms with Gasteiger partial charge in [0.1, 0.15) is 0 Å². The second kappa shape index (κ2) is 61.7. The van der Waals surface area contributed by atoms with Crippen molar-refractivity contribution < 1.29 is 337 Å². The largest absolute Gasteiger partial charge is 0.540 e. The van der Waals surface area contributed by atoms with Gasteiger partial charge in [0.15, 0.2) is 0 Å². The highest BCUT2D eigenvalue weighted by Crippen LogP contribution is 1.99. The zero-order valence-electron chi connectivity index (χ0n) is 27.9. The zero-order valence-corrected chi connectivity index (χ0v) is 27.9. The molecular weight excluding hydrogens is 1080 g/mol. The Labute approximate surface area is 345 Å². The molecule has 67 nitrogen and oxygen atoms in total. The lowest BCUT2D eigenvalue weighted by atomic mass is 11.4. The number of carboxylic acid groups (broad SMARTS) is 1. The van der Waals surface area contributed by atoms with Crippen LogP contribution in [0, 0.1) is 0 Å². The third kappa shape index (κ3) is 62.7. The third-order valence-electron chi connectivity index (χ3n) is 1.83. The first-order valence-corrected chi connectivity index (χ1v) is 11.3. The molecule has 0 aromatic carbocycles. The van der Waals surface area contributed by atoms with E-state index in [9.17, 15) is 4.79 Å². The highest BCUT2D eigenvalue weighted by atomic mass is 18.1. The van der Waals surface area contributed by atoms with Gasteiger partial charge in [-0.3, -0.25) is 0 Å². The molecule has 0 aliphatic carbocycles. The number of rotatable bonds is 63. The summed E-state index contributed by atoms with van der Waals surface area (Å²) < 4.78 is 0. The molecule has 0 spiro atoms. The lowest BCUT2D eigenvalue weighted by Crippen LogP contribution is -2.07. The molecule has 0 amide bonds. The maximum Gasteiger partial charge on any atom is 0.540 e. The minimum atomic E-state index is -1.91. The molecule has 0 saturated heterocycles. The average molecular weight is 1090 g/mol. The van der Waals surface area contributed by atoms with Crippen LogP contribution in [0.2, 0.25) is 0 Å². The summed E-state index contributed by atoms with van der Waals surface area (Å²) in [6.07, 6.45) is -1.91. The van der Waals surface area contributed by atoms with Crippen molar-refractivity contribution >= 4 is 6.16 Å². The van der Waals surface area contributed by atoms with Crippen molar-refractivity contribution in [1.82, 2.24) is 0 Å². The quantitative estimate of drug-likeness (QED) is 0.0332. The van der Waals surface area contributed by atoms with Crippen molar-refractivity contribution in [3.8, 4) is 0 Å². The topological polar surface area (TPSA) is 648 Å². The molecule has 0 fully saturated rings. The summed E-state index contributed by atoms with van der Waals surface area (Å²) in [6.45, 7) is 0. The Hall–Kier alpha value is -3.29. The lowest BCUT2D eigenvalue weighted by molar-refractivity contribution is -0.912. The molecule has 67 heteroatoms. The van der Waals surface area contributed by atoms with Crippen molar-refractivity contribution in [3.05, 3.63) is 0 Å². The Morgan fingerprint density at radius 1 is 0.162 bits per heavy atom. The molecule has 2 N–H and O–H groups in total.